The van der Waals surface area contributed by atoms with Crippen LogP contribution in [-0.2, 0) is 6.54 Å². The average Bonchev–Trinajstić information content (AvgIpc) is 3.10. The van der Waals surface area contributed by atoms with E-state index in [0.717, 1.165) is 38.8 Å². The van der Waals surface area contributed by atoms with Gasteiger partial charge in [-0.25, -0.2) is 14.0 Å². The van der Waals surface area contributed by atoms with Crippen molar-refractivity contribution < 1.29 is 14.2 Å². The molecule has 2 aromatic rings. The lowest BCUT2D eigenvalue weighted by atomic mass is 10.2. The number of rotatable bonds is 10. The van der Waals surface area contributed by atoms with E-state index in [4.69, 9.17) is 22.0 Å². The fourth-order valence-electron chi connectivity index (χ4n) is 2.27. The number of halogens is 2. The quantitative estimate of drug-likeness (QED) is 0.215. The van der Waals surface area contributed by atoms with Gasteiger partial charge < -0.3 is 11.1 Å². The molecule has 142 valence electrons. The van der Waals surface area contributed by atoms with Gasteiger partial charge in [0.25, 0.3) is 0 Å². The number of nitrogens with zero attached hydrogens (tertiary/aromatic N) is 3. The third-order valence-corrected chi connectivity index (χ3v) is 3.92. The van der Waals surface area contributed by atoms with E-state index in [1.54, 1.807) is 0 Å². The van der Waals surface area contributed by atoms with Crippen molar-refractivity contribution in [2.24, 2.45) is 10.7 Å². The molecule has 1 aromatic carbocycles. The van der Waals surface area contributed by atoms with Crippen molar-refractivity contribution in [3.05, 3.63) is 40.4 Å². The van der Waals surface area contributed by atoms with Crippen molar-refractivity contribution in [3.8, 4) is 0 Å². The third kappa shape index (κ3) is 6.03. The summed E-state index contributed by atoms with van der Waals surface area (Å²) in [6, 6.07) is 3.94. The number of unbranched alkanes of at least 4 members (excludes halogenated alkanes) is 3. The Balaban J connectivity index is 1.97. The Morgan fingerprint density at radius 1 is 1.27 bits per heavy atom. The van der Waals surface area contributed by atoms with Crippen molar-refractivity contribution in [1.82, 2.24) is 21.1 Å². The van der Waals surface area contributed by atoms with E-state index < -0.39 is 5.82 Å². The molecule has 8 nitrogen and oxygen atoms in total. The summed E-state index contributed by atoms with van der Waals surface area (Å²) in [4.78, 5) is 4.16. The number of benzene rings is 1. The van der Waals surface area contributed by atoms with Gasteiger partial charge in [0.2, 0.25) is 0 Å². The average molecular weight is 385 g/mol. The van der Waals surface area contributed by atoms with Crippen molar-refractivity contribution >= 4 is 23.1 Å². The van der Waals surface area contributed by atoms with Gasteiger partial charge in [0.15, 0.2) is 11.5 Å². The second kappa shape index (κ2) is 10.8. The van der Waals surface area contributed by atoms with Crippen LogP contribution in [0.2, 0.25) is 5.02 Å². The molecule has 0 amide bonds. The first-order chi connectivity index (χ1) is 12.7. The van der Waals surface area contributed by atoms with E-state index in [-0.39, 0.29) is 16.6 Å². The molecule has 0 aliphatic carbocycles. The molecule has 1 aromatic heterocycles. The minimum Gasteiger partial charge on any atom is -0.330 e. The van der Waals surface area contributed by atoms with Crippen molar-refractivity contribution in [2.45, 2.75) is 32.2 Å². The zero-order valence-electron chi connectivity index (χ0n) is 14.2. The van der Waals surface area contributed by atoms with Gasteiger partial charge >= 0.3 is 0 Å². The highest BCUT2D eigenvalue weighted by molar-refractivity contribution is 6.31. The monoisotopic (exact) mass is 384 g/mol. The normalized spacial score (nSPS) is 11.8. The lowest BCUT2D eigenvalue weighted by Gasteiger charge is -2.05. The van der Waals surface area contributed by atoms with Crippen LogP contribution in [0, 0.1) is 5.82 Å². The maximum absolute atomic E-state index is 13.2. The zero-order chi connectivity index (χ0) is 18.8. The van der Waals surface area contributed by atoms with Crippen LogP contribution in [0.25, 0.3) is 0 Å². The van der Waals surface area contributed by atoms with E-state index in [0.29, 0.717) is 17.9 Å². The molecule has 5 N–H and O–H groups in total. The number of hydroxylamine groups is 1. The SMILES string of the molecule is NCCCCCCNCc1nonc1C(=Nc1ccc(F)c(Cl)c1)NO. The number of aliphatic imine (C=N–C) groups is 1. The number of nitrogens with two attached hydrogens (primary N) is 1. The van der Waals surface area contributed by atoms with Gasteiger partial charge in [-0.1, -0.05) is 29.6 Å². The van der Waals surface area contributed by atoms with Crippen LogP contribution in [0.1, 0.15) is 37.1 Å². The van der Waals surface area contributed by atoms with Crippen molar-refractivity contribution in [3.63, 3.8) is 0 Å². The van der Waals surface area contributed by atoms with Crippen LogP contribution >= 0.6 is 11.6 Å². The first-order valence-electron chi connectivity index (χ1n) is 8.32. The van der Waals surface area contributed by atoms with Gasteiger partial charge in [-0.15, -0.1) is 0 Å². The van der Waals surface area contributed by atoms with Crippen LogP contribution in [0.15, 0.2) is 27.8 Å². The summed E-state index contributed by atoms with van der Waals surface area (Å²) in [5.41, 5.74) is 8.50. The molecule has 0 atom stereocenters. The minimum atomic E-state index is -0.552. The summed E-state index contributed by atoms with van der Waals surface area (Å²) in [6.45, 7) is 1.93. The maximum Gasteiger partial charge on any atom is 0.182 e. The Hall–Kier alpha value is -2.07. The summed E-state index contributed by atoms with van der Waals surface area (Å²) in [7, 11) is 0. The smallest absolute Gasteiger partial charge is 0.182 e. The Morgan fingerprint density at radius 2 is 2.08 bits per heavy atom. The molecule has 26 heavy (non-hydrogen) atoms. The summed E-state index contributed by atoms with van der Waals surface area (Å²) in [5, 5.41) is 20.1. The molecule has 0 aliphatic rings. The molecule has 0 saturated heterocycles. The molecule has 0 aliphatic heterocycles. The molecule has 10 heteroatoms. The van der Waals surface area contributed by atoms with Gasteiger partial charge in [-0.2, -0.15) is 0 Å². The van der Waals surface area contributed by atoms with E-state index >= 15 is 0 Å². The molecule has 0 radical (unpaired) electrons. The summed E-state index contributed by atoms with van der Waals surface area (Å²) in [6.07, 6.45) is 4.27. The molecule has 0 spiro atoms. The first-order valence-corrected chi connectivity index (χ1v) is 8.70. The summed E-state index contributed by atoms with van der Waals surface area (Å²) >= 11 is 5.74. The molecular weight excluding hydrogens is 363 g/mol. The fraction of sp³-hybridized carbons (Fsp3) is 0.438. The lowest BCUT2D eigenvalue weighted by Crippen LogP contribution is -2.24. The lowest BCUT2D eigenvalue weighted by molar-refractivity contribution is 0.234. The summed E-state index contributed by atoms with van der Waals surface area (Å²) in [5.74, 6) is -0.530. The Bertz CT molecular complexity index is 725. The van der Waals surface area contributed by atoms with Crippen LogP contribution in [0.4, 0.5) is 10.1 Å². The van der Waals surface area contributed by atoms with E-state index in [9.17, 15) is 9.60 Å². The highest BCUT2D eigenvalue weighted by Crippen LogP contribution is 2.22. The van der Waals surface area contributed by atoms with Crippen molar-refractivity contribution in [2.75, 3.05) is 13.1 Å². The predicted octanol–water partition coefficient (Wildman–Crippen LogP) is 2.53. The molecular formula is C16H22ClFN6O2. The van der Waals surface area contributed by atoms with Gasteiger partial charge in [-0.05, 0) is 49.3 Å². The Morgan fingerprint density at radius 3 is 2.81 bits per heavy atom. The van der Waals surface area contributed by atoms with Crippen molar-refractivity contribution in [1.29, 1.82) is 0 Å². The standard InChI is InChI=1S/C16H22ClFN6O2/c17-12-9-11(5-6-13(12)18)21-16(22-25)15-14(23-26-24-15)10-20-8-4-2-1-3-7-19/h5-6,9,20,25H,1-4,7-8,10,19H2,(H,21,22). The molecule has 0 saturated carbocycles. The van der Waals surface area contributed by atoms with Crippen LogP contribution in [-0.4, -0.2) is 34.4 Å². The van der Waals surface area contributed by atoms with Gasteiger partial charge in [0.05, 0.1) is 10.7 Å². The second-order valence-electron chi connectivity index (χ2n) is 5.61. The summed E-state index contributed by atoms with van der Waals surface area (Å²) < 4.78 is 18.0. The number of amidine groups is 1. The van der Waals surface area contributed by atoms with Gasteiger partial charge in [-0.3, -0.25) is 10.7 Å². The number of nitrogens with one attached hydrogen (secondary N) is 2. The third-order valence-electron chi connectivity index (χ3n) is 3.63. The topological polar surface area (TPSA) is 122 Å². The fourth-order valence-corrected chi connectivity index (χ4v) is 2.45. The van der Waals surface area contributed by atoms with Crippen LogP contribution in [0.5, 0.6) is 0 Å². The van der Waals surface area contributed by atoms with Crippen LogP contribution in [0.3, 0.4) is 0 Å². The highest BCUT2D eigenvalue weighted by atomic mass is 35.5. The Labute approximate surface area is 155 Å². The van der Waals surface area contributed by atoms with Gasteiger partial charge in [0.1, 0.15) is 11.5 Å². The maximum atomic E-state index is 13.2. The molecule has 1 heterocycles. The minimum absolute atomic E-state index is 0.0219. The highest BCUT2D eigenvalue weighted by Gasteiger charge is 2.16. The number of aromatic nitrogens is 2. The Kier molecular flexibility index (Phi) is 8.42. The van der Waals surface area contributed by atoms with E-state index in [2.05, 4.69) is 20.6 Å². The molecule has 0 bridgehead atoms. The second-order valence-corrected chi connectivity index (χ2v) is 6.02. The number of hydrogen-bond donors (Lipinski definition) is 4. The largest absolute Gasteiger partial charge is 0.330 e. The van der Waals surface area contributed by atoms with Crippen LogP contribution < -0.4 is 16.5 Å². The molecule has 0 unspecified atom stereocenters. The first kappa shape index (κ1) is 20.2. The molecule has 0 fully saturated rings. The number of hydrogen-bond acceptors (Lipinski definition) is 7. The zero-order valence-corrected chi connectivity index (χ0v) is 15.0. The van der Waals surface area contributed by atoms with E-state index in [1.807, 2.05) is 5.48 Å². The molecule has 2 rings (SSSR count). The van der Waals surface area contributed by atoms with E-state index in [1.165, 1.54) is 18.2 Å². The van der Waals surface area contributed by atoms with Gasteiger partial charge in [0, 0.05) is 6.54 Å². The predicted molar refractivity (Wildman–Crippen MR) is 96.1 cm³/mol.